The molecule has 0 saturated carbocycles. The van der Waals surface area contributed by atoms with Gasteiger partial charge in [-0.2, -0.15) is 5.10 Å². The van der Waals surface area contributed by atoms with Crippen molar-refractivity contribution in [2.45, 2.75) is 6.42 Å². The van der Waals surface area contributed by atoms with Crippen LogP contribution in [0.5, 0.6) is 0 Å². The van der Waals surface area contributed by atoms with Gasteiger partial charge >= 0.3 is 0 Å². The van der Waals surface area contributed by atoms with E-state index in [-0.39, 0.29) is 11.4 Å². The maximum absolute atomic E-state index is 12.9. The Balaban J connectivity index is 1.94. The second kappa shape index (κ2) is 6.12. The third-order valence-electron chi connectivity index (χ3n) is 3.33. The first kappa shape index (κ1) is 14.5. The molecule has 0 aliphatic rings. The van der Waals surface area contributed by atoms with E-state index in [0.29, 0.717) is 22.7 Å². The molecule has 22 heavy (non-hydrogen) atoms. The van der Waals surface area contributed by atoms with E-state index in [2.05, 4.69) is 10.2 Å². The summed E-state index contributed by atoms with van der Waals surface area (Å²) in [5, 5.41) is 7.19. The maximum atomic E-state index is 12.9. The molecule has 0 fully saturated rings. The fourth-order valence-electron chi connectivity index (χ4n) is 2.17. The Morgan fingerprint density at radius 1 is 1.05 bits per heavy atom. The van der Waals surface area contributed by atoms with Crippen LogP contribution in [-0.2, 0) is 6.42 Å². The molecule has 2 aromatic carbocycles. The van der Waals surface area contributed by atoms with Gasteiger partial charge in [-0.15, -0.1) is 0 Å². The van der Waals surface area contributed by atoms with Crippen LogP contribution < -0.4 is 5.56 Å². The largest absolute Gasteiger partial charge is 0.268 e. The summed E-state index contributed by atoms with van der Waals surface area (Å²) in [6.45, 7) is 0. The van der Waals surface area contributed by atoms with Crippen molar-refractivity contribution < 1.29 is 4.39 Å². The highest BCUT2D eigenvalue weighted by Crippen LogP contribution is 2.19. The van der Waals surface area contributed by atoms with Gasteiger partial charge in [0.15, 0.2) is 0 Å². The normalized spacial score (nSPS) is 10.6. The molecule has 1 N–H and O–H groups in total. The summed E-state index contributed by atoms with van der Waals surface area (Å²) in [5.74, 6) is -0.297. The number of halogens is 2. The van der Waals surface area contributed by atoms with Crippen LogP contribution in [0.4, 0.5) is 4.39 Å². The molecular weight excluding hydrogens is 303 g/mol. The van der Waals surface area contributed by atoms with Crippen LogP contribution in [0.2, 0.25) is 5.02 Å². The van der Waals surface area contributed by atoms with Gasteiger partial charge in [0.1, 0.15) is 5.82 Å². The molecule has 5 heteroatoms. The number of aromatic amines is 1. The molecule has 110 valence electrons. The third-order valence-corrected chi connectivity index (χ3v) is 3.58. The first-order chi connectivity index (χ1) is 10.6. The molecule has 0 spiro atoms. The van der Waals surface area contributed by atoms with Crippen LogP contribution in [0.15, 0.2) is 59.4 Å². The second-order valence-corrected chi connectivity index (χ2v) is 5.35. The SMILES string of the molecule is O=c1[nH]nc(-c2ccc(Cl)cc2)cc1Cc1ccc(F)cc1. The zero-order valence-corrected chi connectivity index (χ0v) is 12.3. The van der Waals surface area contributed by atoms with E-state index in [4.69, 9.17) is 11.6 Å². The number of rotatable bonds is 3. The van der Waals surface area contributed by atoms with Gasteiger partial charge in [0.25, 0.3) is 5.56 Å². The molecule has 0 amide bonds. The zero-order valence-electron chi connectivity index (χ0n) is 11.5. The lowest BCUT2D eigenvalue weighted by atomic mass is 10.0. The number of hydrogen-bond donors (Lipinski definition) is 1. The minimum atomic E-state index is -0.297. The monoisotopic (exact) mass is 314 g/mol. The lowest BCUT2D eigenvalue weighted by Crippen LogP contribution is -2.15. The van der Waals surface area contributed by atoms with E-state index >= 15 is 0 Å². The lowest BCUT2D eigenvalue weighted by Gasteiger charge is -2.05. The van der Waals surface area contributed by atoms with Crippen molar-refractivity contribution in [2.24, 2.45) is 0 Å². The van der Waals surface area contributed by atoms with Crippen molar-refractivity contribution in [3.63, 3.8) is 0 Å². The number of nitrogens with one attached hydrogen (secondary N) is 1. The molecular formula is C17H12ClFN2O. The van der Waals surface area contributed by atoms with Crippen molar-refractivity contribution in [3.8, 4) is 11.3 Å². The maximum Gasteiger partial charge on any atom is 0.267 e. The molecule has 0 radical (unpaired) electrons. The van der Waals surface area contributed by atoms with Crippen LogP contribution in [0.25, 0.3) is 11.3 Å². The van der Waals surface area contributed by atoms with Gasteiger partial charge in [-0.3, -0.25) is 4.79 Å². The Kier molecular flexibility index (Phi) is 4.02. The van der Waals surface area contributed by atoms with Crippen LogP contribution in [-0.4, -0.2) is 10.2 Å². The van der Waals surface area contributed by atoms with Gasteiger partial charge in [-0.05, 0) is 35.9 Å². The second-order valence-electron chi connectivity index (χ2n) is 4.92. The highest BCUT2D eigenvalue weighted by atomic mass is 35.5. The van der Waals surface area contributed by atoms with Gasteiger partial charge in [0.2, 0.25) is 0 Å². The lowest BCUT2D eigenvalue weighted by molar-refractivity contribution is 0.627. The summed E-state index contributed by atoms with van der Waals surface area (Å²) in [5.41, 5.74) is 2.71. The smallest absolute Gasteiger partial charge is 0.267 e. The van der Waals surface area contributed by atoms with Gasteiger partial charge in [0.05, 0.1) is 5.69 Å². The number of benzene rings is 2. The standard InChI is InChI=1S/C17H12ClFN2O/c18-14-5-3-12(4-6-14)16-10-13(17(22)21-20-16)9-11-1-7-15(19)8-2-11/h1-8,10H,9H2,(H,21,22). The third kappa shape index (κ3) is 3.23. The average Bonchev–Trinajstić information content (AvgIpc) is 2.52. The predicted octanol–water partition coefficient (Wildman–Crippen LogP) is 3.82. The van der Waals surface area contributed by atoms with Gasteiger partial charge < -0.3 is 0 Å². The van der Waals surface area contributed by atoms with E-state index in [1.54, 1.807) is 30.3 Å². The first-order valence-electron chi connectivity index (χ1n) is 6.71. The van der Waals surface area contributed by atoms with E-state index < -0.39 is 0 Å². The van der Waals surface area contributed by atoms with Crippen LogP contribution >= 0.6 is 11.6 Å². The number of hydrogen-bond acceptors (Lipinski definition) is 2. The van der Waals surface area contributed by atoms with Crippen molar-refractivity contribution in [1.82, 2.24) is 10.2 Å². The molecule has 0 aliphatic heterocycles. The van der Waals surface area contributed by atoms with E-state index in [1.165, 1.54) is 12.1 Å². The molecule has 0 unspecified atom stereocenters. The fraction of sp³-hybridized carbons (Fsp3) is 0.0588. The Morgan fingerprint density at radius 3 is 2.41 bits per heavy atom. The Morgan fingerprint density at radius 2 is 1.73 bits per heavy atom. The molecule has 1 aromatic heterocycles. The topological polar surface area (TPSA) is 45.8 Å². The van der Waals surface area contributed by atoms with E-state index in [9.17, 15) is 9.18 Å². The number of H-pyrrole nitrogens is 1. The Hall–Kier alpha value is -2.46. The van der Waals surface area contributed by atoms with E-state index in [1.807, 2.05) is 12.1 Å². The van der Waals surface area contributed by atoms with Crippen molar-refractivity contribution in [1.29, 1.82) is 0 Å². The molecule has 0 bridgehead atoms. The van der Waals surface area contributed by atoms with Gasteiger partial charge in [-0.25, -0.2) is 9.49 Å². The quantitative estimate of drug-likeness (QED) is 0.799. The number of nitrogens with zero attached hydrogens (tertiary/aromatic N) is 1. The van der Waals surface area contributed by atoms with Crippen molar-refractivity contribution >= 4 is 11.6 Å². The Labute approximate surface area is 131 Å². The van der Waals surface area contributed by atoms with Gasteiger partial charge in [0, 0.05) is 22.6 Å². The van der Waals surface area contributed by atoms with Crippen LogP contribution in [0.3, 0.4) is 0 Å². The zero-order chi connectivity index (χ0) is 15.5. The molecule has 0 atom stereocenters. The predicted molar refractivity (Wildman–Crippen MR) is 84.5 cm³/mol. The van der Waals surface area contributed by atoms with Crippen molar-refractivity contribution in [3.05, 3.63) is 86.9 Å². The molecule has 3 rings (SSSR count). The summed E-state index contributed by atoms with van der Waals surface area (Å²) >= 11 is 5.87. The fourth-order valence-corrected chi connectivity index (χ4v) is 2.29. The summed E-state index contributed by atoms with van der Waals surface area (Å²) in [7, 11) is 0. The van der Waals surface area contributed by atoms with Crippen LogP contribution in [0.1, 0.15) is 11.1 Å². The highest BCUT2D eigenvalue weighted by molar-refractivity contribution is 6.30. The summed E-state index contributed by atoms with van der Waals surface area (Å²) < 4.78 is 12.9. The van der Waals surface area contributed by atoms with E-state index in [0.717, 1.165) is 11.1 Å². The molecule has 0 aliphatic carbocycles. The molecule has 0 saturated heterocycles. The number of aromatic nitrogens is 2. The average molecular weight is 315 g/mol. The minimum absolute atomic E-state index is 0.248. The van der Waals surface area contributed by atoms with Crippen LogP contribution in [0, 0.1) is 5.82 Å². The molecule has 1 heterocycles. The Bertz CT molecular complexity index is 842. The van der Waals surface area contributed by atoms with Gasteiger partial charge in [-0.1, -0.05) is 35.9 Å². The highest BCUT2D eigenvalue weighted by Gasteiger charge is 2.07. The molecule has 3 nitrogen and oxygen atoms in total. The molecule has 3 aromatic rings. The summed E-state index contributed by atoms with van der Waals surface area (Å²) in [6.07, 6.45) is 0.415. The summed E-state index contributed by atoms with van der Waals surface area (Å²) in [6, 6.07) is 15.0. The minimum Gasteiger partial charge on any atom is -0.268 e. The first-order valence-corrected chi connectivity index (χ1v) is 7.08. The van der Waals surface area contributed by atoms with Crippen molar-refractivity contribution in [2.75, 3.05) is 0 Å². The summed E-state index contributed by atoms with van der Waals surface area (Å²) in [4.78, 5) is 11.9.